The second kappa shape index (κ2) is 5.53. The number of rotatable bonds is 3. The van der Waals surface area contributed by atoms with E-state index in [0.717, 1.165) is 25.3 Å². The fourth-order valence-corrected chi connectivity index (χ4v) is 2.74. The zero-order chi connectivity index (χ0) is 13.1. The molecule has 0 spiro atoms. The van der Waals surface area contributed by atoms with Crippen LogP contribution in [0.25, 0.3) is 5.69 Å². The van der Waals surface area contributed by atoms with Crippen molar-refractivity contribution in [2.24, 2.45) is 0 Å². The van der Waals surface area contributed by atoms with Crippen LogP contribution in [0, 0.1) is 0 Å². The lowest BCUT2D eigenvalue weighted by Crippen LogP contribution is -2.28. The molecule has 0 radical (unpaired) electrons. The second-order valence-corrected chi connectivity index (χ2v) is 5.05. The molecule has 4 heteroatoms. The number of imidazole rings is 1. The van der Waals surface area contributed by atoms with Crippen LogP contribution < -0.4 is 5.32 Å². The van der Waals surface area contributed by atoms with Crippen molar-refractivity contribution in [3.05, 3.63) is 42.2 Å². The van der Waals surface area contributed by atoms with E-state index in [0.29, 0.717) is 5.92 Å². The van der Waals surface area contributed by atoms with Gasteiger partial charge in [0.05, 0.1) is 5.69 Å². The number of aryl methyl sites for hydroxylation is 1. The first-order valence-electron chi connectivity index (χ1n) is 7.07. The maximum Gasteiger partial charge on any atom is 0.112 e. The van der Waals surface area contributed by atoms with Gasteiger partial charge < -0.3 is 9.88 Å². The lowest BCUT2D eigenvalue weighted by molar-refractivity contribution is 0.454. The molecule has 2 aromatic rings. The number of hydrogen-bond donors (Lipinski definition) is 1. The van der Waals surface area contributed by atoms with Crippen molar-refractivity contribution in [1.29, 1.82) is 0 Å². The van der Waals surface area contributed by atoms with Crippen LogP contribution in [-0.4, -0.2) is 27.6 Å². The van der Waals surface area contributed by atoms with Crippen molar-refractivity contribution < 1.29 is 0 Å². The van der Waals surface area contributed by atoms with E-state index in [4.69, 9.17) is 0 Å². The van der Waals surface area contributed by atoms with Gasteiger partial charge in [-0.25, -0.2) is 4.98 Å². The van der Waals surface area contributed by atoms with Crippen LogP contribution in [0.2, 0.25) is 0 Å². The van der Waals surface area contributed by atoms with Crippen LogP contribution in [0.15, 0.2) is 30.7 Å². The number of piperidine rings is 1. The quantitative estimate of drug-likeness (QED) is 0.916. The van der Waals surface area contributed by atoms with Gasteiger partial charge in [0.2, 0.25) is 0 Å². The summed E-state index contributed by atoms with van der Waals surface area (Å²) in [5.41, 5.74) is 2.37. The highest BCUT2D eigenvalue weighted by Gasteiger charge is 2.17. The van der Waals surface area contributed by atoms with E-state index in [-0.39, 0.29) is 0 Å². The Balaban J connectivity index is 1.91. The van der Waals surface area contributed by atoms with Gasteiger partial charge in [-0.15, -0.1) is 0 Å². The van der Waals surface area contributed by atoms with Gasteiger partial charge >= 0.3 is 0 Å². The van der Waals surface area contributed by atoms with E-state index < -0.39 is 0 Å². The van der Waals surface area contributed by atoms with Gasteiger partial charge in [-0.1, -0.05) is 6.92 Å². The SMILES string of the molecule is CCc1nccn1-c1ccnc([C@@H]2CCCNC2)c1. The smallest absolute Gasteiger partial charge is 0.112 e. The molecule has 3 rings (SSSR count). The molecule has 0 aliphatic carbocycles. The van der Waals surface area contributed by atoms with Gasteiger partial charge in [-0.2, -0.15) is 0 Å². The summed E-state index contributed by atoms with van der Waals surface area (Å²) in [7, 11) is 0. The van der Waals surface area contributed by atoms with Crippen LogP contribution in [0.5, 0.6) is 0 Å². The molecule has 0 saturated carbocycles. The van der Waals surface area contributed by atoms with Gasteiger partial charge in [-0.05, 0) is 31.5 Å². The summed E-state index contributed by atoms with van der Waals surface area (Å²) in [6.07, 6.45) is 9.21. The van der Waals surface area contributed by atoms with E-state index in [1.54, 1.807) is 0 Å². The number of aromatic nitrogens is 3. The van der Waals surface area contributed by atoms with Crippen molar-refractivity contribution in [2.45, 2.75) is 32.1 Å². The molecule has 4 nitrogen and oxygen atoms in total. The van der Waals surface area contributed by atoms with Crippen molar-refractivity contribution >= 4 is 0 Å². The molecule has 1 N–H and O–H groups in total. The van der Waals surface area contributed by atoms with Gasteiger partial charge in [0, 0.05) is 43.2 Å². The summed E-state index contributed by atoms with van der Waals surface area (Å²) in [6, 6.07) is 4.26. The molecule has 0 unspecified atom stereocenters. The maximum atomic E-state index is 4.55. The summed E-state index contributed by atoms with van der Waals surface area (Å²) in [5, 5.41) is 3.45. The normalized spacial score (nSPS) is 19.5. The summed E-state index contributed by atoms with van der Waals surface area (Å²) < 4.78 is 2.15. The minimum atomic E-state index is 0.544. The van der Waals surface area contributed by atoms with Crippen LogP contribution in [0.3, 0.4) is 0 Å². The third-order valence-corrected chi connectivity index (χ3v) is 3.79. The minimum Gasteiger partial charge on any atom is -0.316 e. The molecular weight excluding hydrogens is 236 g/mol. The van der Waals surface area contributed by atoms with Gasteiger partial charge in [0.1, 0.15) is 5.82 Å². The van der Waals surface area contributed by atoms with Gasteiger partial charge in [-0.3, -0.25) is 4.98 Å². The molecule has 0 bridgehead atoms. The zero-order valence-electron chi connectivity index (χ0n) is 11.3. The molecule has 3 heterocycles. The molecule has 100 valence electrons. The first-order chi connectivity index (χ1) is 9.38. The number of pyridine rings is 1. The highest BCUT2D eigenvalue weighted by Crippen LogP contribution is 2.23. The second-order valence-electron chi connectivity index (χ2n) is 5.05. The summed E-state index contributed by atoms with van der Waals surface area (Å²) in [6.45, 7) is 4.31. The maximum absolute atomic E-state index is 4.55. The first kappa shape index (κ1) is 12.4. The monoisotopic (exact) mass is 256 g/mol. The summed E-state index contributed by atoms with van der Waals surface area (Å²) >= 11 is 0. The fourth-order valence-electron chi connectivity index (χ4n) is 2.74. The fraction of sp³-hybridized carbons (Fsp3) is 0.467. The van der Waals surface area contributed by atoms with Crippen molar-refractivity contribution in [3.8, 4) is 5.69 Å². The minimum absolute atomic E-state index is 0.544. The largest absolute Gasteiger partial charge is 0.316 e. The molecule has 1 aliphatic rings. The number of nitrogens with zero attached hydrogens (tertiary/aromatic N) is 3. The predicted octanol–water partition coefficient (Wildman–Crippen LogP) is 2.30. The standard InChI is InChI=1S/C15H20N4/c1-2-15-18-8-9-19(15)13-5-7-17-14(10-13)12-4-3-6-16-11-12/h5,7-10,12,16H,2-4,6,11H2,1H3/t12-/m1/s1. The van der Waals surface area contributed by atoms with Crippen molar-refractivity contribution in [3.63, 3.8) is 0 Å². The molecule has 1 atom stereocenters. The summed E-state index contributed by atoms with van der Waals surface area (Å²) in [5.74, 6) is 1.64. The third-order valence-electron chi connectivity index (χ3n) is 3.79. The first-order valence-corrected chi connectivity index (χ1v) is 7.07. The lowest BCUT2D eigenvalue weighted by atomic mass is 9.95. The Labute approximate surface area is 113 Å². The zero-order valence-corrected chi connectivity index (χ0v) is 11.3. The van der Waals surface area contributed by atoms with E-state index in [1.807, 2.05) is 18.6 Å². The van der Waals surface area contributed by atoms with Crippen LogP contribution >= 0.6 is 0 Å². The molecule has 1 fully saturated rings. The molecule has 1 saturated heterocycles. The van der Waals surface area contributed by atoms with Crippen LogP contribution in [0.4, 0.5) is 0 Å². The average molecular weight is 256 g/mol. The topological polar surface area (TPSA) is 42.7 Å². The molecule has 0 amide bonds. The van der Waals surface area contributed by atoms with E-state index in [9.17, 15) is 0 Å². The molecule has 19 heavy (non-hydrogen) atoms. The highest BCUT2D eigenvalue weighted by molar-refractivity contribution is 5.35. The Hall–Kier alpha value is -1.68. The number of hydrogen-bond acceptors (Lipinski definition) is 3. The van der Waals surface area contributed by atoms with Crippen molar-refractivity contribution in [2.75, 3.05) is 13.1 Å². The lowest BCUT2D eigenvalue weighted by Gasteiger charge is -2.22. The Morgan fingerprint density at radius 3 is 3.11 bits per heavy atom. The van der Waals surface area contributed by atoms with Gasteiger partial charge in [0.15, 0.2) is 0 Å². The van der Waals surface area contributed by atoms with Crippen LogP contribution in [-0.2, 0) is 6.42 Å². The Morgan fingerprint density at radius 1 is 1.37 bits per heavy atom. The molecular formula is C15H20N4. The van der Waals surface area contributed by atoms with E-state index in [2.05, 4.69) is 38.9 Å². The Morgan fingerprint density at radius 2 is 2.32 bits per heavy atom. The third kappa shape index (κ3) is 2.54. The Kier molecular flexibility index (Phi) is 3.60. The number of nitrogens with one attached hydrogen (secondary N) is 1. The van der Waals surface area contributed by atoms with E-state index in [1.165, 1.54) is 24.2 Å². The Bertz CT molecular complexity index is 541. The van der Waals surface area contributed by atoms with Crippen LogP contribution in [0.1, 0.15) is 37.2 Å². The highest BCUT2D eigenvalue weighted by atomic mass is 15.1. The molecule has 0 aromatic carbocycles. The predicted molar refractivity (Wildman–Crippen MR) is 75.6 cm³/mol. The van der Waals surface area contributed by atoms with Gasteiger partial charge in [0.25, 0.3) is 0 Å². The summed E-state index contributed by atoms with van der Waals surface area (Å²) in [4.78, 5) is 8.94. The van der Waals surface area contributed by atoms with Crippen molar-refractivity contribution in [1.82, 2.24) is 19.9 Å². The van der Waals surface area contributed by atoms with E-state index >= 15 is 0 Å². The molecule has 2 aromatic heterocycles. The average Bonchev–Trinajstić information content (AvgIpc) is 2.97. The molecule has 1 aliphatic heterocycles.